The molecule has 0 spiro atoms. The molecule has 1 N–H and O–H groups in total. The molecule has 0 aliphatic carbocycles. The molecule has 5 heteroatoms. The van der Waals surface area contributed by atoms with Crippen LogP contribution in [0.5, 0.6) is 5.75 Å². The van der Waals surface area contributed by atoms with Gasteiger partial charge in [0.25, 0.3) is 5.91 Å². The predicted octanol–water partition coefficient (Wildman–Crippen LogP) is 2.78. The van der Waals surface area contributed by atoms with Crippen molar-refractivity contribution in [3.63, 3.8) is 0 Å². The maximum atomic E-state index is 12.2. The molecular weight excluding hydrogens is 282 g/mol. The van der Waals surface area contributed by atoms with Crippen LogP contribution in [0.2, 0.25) is 0 Å². The van der Waals surface area contributed by atoms with Crippen LogP contribution in [-0.4, -0.2) is 34.8 Å². The van der Waals surface area contributed by atoms with Crippen molar-refractivity contribution < 1.29 is 19.4 Å². The zero-order valence-corrected chi connectivity index (χ0v) is 13.1. The first kappa shape index (κ1) is 16.1. The summed E-state index contributed by atoms with van der Waals surface area (Å²) in [7, 11) is 0. The number of benzene rings is 1. The number of hydrogen-bond donors (Lipinski definition) is 1. The number of ether oxygens (including phenoxy) is 1. The van der Waals surface area contributed by atoms with Crippen LogP contribution in [0.15, 0.2) is 35.6 Å². The molecular formula is C17H21NO4. The number of carbonyl (C=O) groups excluding carboxylic acids is 2. The molecule has 0 saturated heterocycles. The third-order valence-electron chi connectivity index (χ3n) is 3.65. The normalized spacial score (nSPS) is 18.0. The Kier molecular flexibility index (Phi) is 4.85. The van der Waals surface area contributed by atoms with E-state index in [-0.39, 0.29) is 11.4 Å². The van der Waals surface area contributed by atoms with Gasteiger partial charge in [-0.3, -0.25) is 9.59 Å². The molecule has 5 nitrogen and oxygen atoms in total. The quantitative estimate of drug-likeness (QED) is 0.877. The summed E-state index contributed by atoms with van der Waals surface area (Å²) in [6.07, 6.45) is 0.748. The zero-order valence-electron chi connectivity index (χ0n) is 13.1. The van der Waals surface area contributed by atoms with Gasteiger partial charge < -0.3 is 14.7 Å². The first-order valence-corrected chi connectivity index (χ1v) is 7.49. The van der Waals surface area contributed by atoms with Crippen molar-refractivity contribution in [3.8, 4) is 5.75 Å². The van der Waals surface area contributed by atoms with Gasteiger partial charge in [0.05, 0.1) is 18.2 Å². The highest BCUT2D eigenvalue weighted by Crippen LogP contribution is 2.38. The molecule has 1 unspecified atom stereocenters. The second-order valence-corrected chi connectivity index (χ2v) is 5.22. The maximum Gasteiger partial charge on any atom is 0.290 e. The summed E-state index contributed by atoms with van der Waals surface area (Å²) in [5.74, 6) is -0.468. The molecule has 2 rings (SSSR count). The van der Waals surface area contributed by atoms with Gasteiger partial charge in [0.15, 0.2) is 11.5 Å². The lowest BCUT2D eigenvalue weighted by Gasteiger charge is -2.26. The van der Waals surface area contributed by atoms with Crippen LogP contribution in [0.25, 0.3) is 0 Å². The minimum atomic E-state index is -0.527. The Morgan fingerprint density at radius 2 is 1.91 bits per heavy atom. The topological polar surface area (TPSA) is 66.8 Å². The van der Waals surface area contributed by atoms with Gasteiger partial charge in [-0.1, -0.05) is 19.1 Å². The Balaban J connectivity index is 2.42. The van der Waals surface area contributed by atoms with E-state index in [9.17, 15) is 14.7 Å². The molecule has 1 aliphatic rings. The fraction of sp³-hybridized carbons (Fsp3) is 0.412. The molecule has 0 aromatic heterocycles. The van der Waals surface area contributed by atoms with E-state index >= 15 is 0 Å². The van der Waals surface area contributed by atoms with Crippen LogP contribution in [0, 0.1) is 0 Å². The van der Waals surface area contributed by atoms with E-state index in [1.807, 2.05) is 26.0 Å². The van der Waals surface area contributed by atoms with E-state index < -0.39 is 17.7 Å². The number of aliphatic hydroxyl groups excluding tert-OH is 1. The summed E-state index contributed by atoms with van der Waals surface area (Å²) in [5.41, 5.74) is 0.960. The van der Waals surface area contributed by atoms with Gasteiger partial charge in [0.1, 0.15) is 5.75 Å². The molecule has 0 saturated carbocycles. The minimum absolute atomic E-state index is 0.169. The number of ketones is 1. The van der Waals surface area contributed by atoms with Crippen LogP contribution in [0.4, 0.5) is 0 Å². The SMILES string of the molecule is CCCN1C(=O)C(O)=C(C(C)=O)C1c1ccc(OCC)cc1. The van der Waals surface area contributed by atoms with Gasteiger partial charge in [-0.25, -0.2) is 0 Å². The molecule has 1 atom stereocenters. The predicted molar refractivity (Wildman–Crippen MR) is 82.7 cm³/mol. The number of carbonyl (C=O) groups is 2. The Morgan fingerprint density at radius 1 is 1.27 bits per heavy atom. The monoisotopic (exact) mass is 303 g/mol. The summed E-state index contributed by atoms with van der Waals surface area (Å²) in [6, 6.07) is 6.74. The van der Waals surface area contributed by atoms with Crippen LogP contribution in [-0.2, 0) is 9.59 Å². The second kappa shape index (κ2) is 6.64. The van der Waals surface area contributed by atoms with Crippen molar-refractivity contribution in [2.75, 3.05) is 13.2 Å². The van der Waals surface area contributed by atoms with Crippen molar-refractivity contribution in [2.24, 2.45) is 0 Å². The average Bonchev–Trinajstić information content (AvgIpc) is 2.74. The molecule has 1 aromatic carbocycles. The first-order valence-electron chi connectivity index (χ1n) is 7.49. The van der Waals surface area contributed by atoms with Crippen LogP contribution >= 0.6 is 0 Å². The lowest BCUT2D eigenvalue weighted by molar-refractivity contribution is -0.129. The number of rotatable bonds is 6. The van der Waals surface area contributed by atoms with Crippen molar-refractivity contribution >= 4 is 11.7 Å². The van der Waals surface area contributed by atoms with Gasteiger partial charge >= 0.3 is 0 Å². The van der Waals surface area contributed by atoms with Gasteiger partial charge in [0, 0.05) is 6.54 Å². The molecule has 118 valence electrons. The molecule has 1 amide bonds. The Hall–Kier alpha value is -2.30. The lowest BCUT2D eigenvalue weighted by atomic mass is 9.96. The number of hydrogen-bond acceptors (Lipinski definition) is 4. The van der Waals surface area contributed by atoms with Crippen LogP contribution < -0.4 is 4.74 Å². The number of nitrogens with zero attached hydrogens (tertiary/aromatic N) is 1. The highest BCUT2D eigenvalue weighted by molar-refractivity contribution is 6.08. The van der Waals surface area contributed by atoms with E-state index in [4.69, 9.17) is 4.74 Å². The van der Waals surface area contributed by atoms with Gasteiger partial charge in [-0.2, -0.15) is 0 Å². The fourth-order valence-electron chi connectivity index (χ4n) is 2.74. The number of aliphatic hydroxyl groups is 1. The Morgan fingerprint density at radius 3 is 2.41 bits per heavy atom. The molecule has 0 radical (unpaired) electrons. The third-order valence-corrected chi connectivity index (χ3v) is 3.65. The smallest absolute Gasteiger partial charge is 0.290 e. The van der Waals surface area contributed by atoms with E-state index in [0.717, 1.165) is 17.7 Å². The van der Waals surface area contributed by atoms with Gasteiger partial charge in [-0.15, -0.1) is 0 Å². The van der Waals surface area contributed by atoms with Crippen molar-refractivity contribution in [1.82, 2.24) is 4.90 Å². The molecule has 22 heavy (non-hydrogen) atoms. The molecule has 1 aromatic rings. The van der Waals surface area contributed by atoms with Crippen LogP contribution in [0.1, 0.15) is 38.8 Å². The van der Waals surface area contributed by atoms with Gasteiger partial charge in [0.2, 0.25) is 0 Å². The largest absolute Gasteiger partial charge is 0.503 e. The first-order chi connectivity index (χ1) is 10.5. The highest BCUT2D eigenvalue weighted by Gasteiger charge is 2.41. The summed E-state index contributed by atoms with van der Waals surface area (Å²) >= 11 is 0. The lowest BCUT2D eigenvalue weighted by Crippen LogP contribution is -2.31. The molecule has 1 aliphatic heterocycles. The van der Waals surface area contributed by atoms with E-state index in [1.165, 1.54) is 6.92 Å². The van der Waals surface area contributed by atoms with Gasteiger partial charge in [-0.05, 0) is 38.0 Å². The average molecular weight is 303 g/mol. The fourth-order valence-corrected chi connectivity index (χ4v) is 2.74. The second-order valence-electron chi connectivity index (χ2n) is 5.22. The maximum absolute atomic E-state index is 12.2. The summed E-state index contributed by atoms with van der Waals surface area (Å²) in [6.45, 7) is 6.28. The van der Waals surface area contributed by atoms with E-state index in [0.29, 0.717) is 13.2 Å². The van der Waals surface area contributed by atoms with Crippen LogP contribution in [0.3, 0.4) is 0 Å². The molecule has 0 bridgehead atoms. The van der Waals surface area contributed by atoms with E-state index in [1.54, 1.807) is 17.0 Å². The Bertz CT molecular complexity index is 604. The van der Waals surface area contributed by atoms with Crippen molar-refractivity contribution in [1.29, 1.82) is 0 Å². The zero-order chi connectivity index (χ0) is 16.3. The van der Waals surface area contributed by atoms with Crippen molar-refractivity contribution in [2.45, 2.75) is 33.2 Å². The highest BCUT2D eigenvalue weighted by atomic mass is 16.5. The summed E-state index contributed by atoms with van der Waals surface area (Å²) in [5, 5.41) is 10.0. The minimum Gasteiger partial charge on any atom is -0.503 e. The summed E-state index contributed by atoms with van der Waals surface area (Å²) < 4.78 is 5.41. The third kappa shape index (κ3) is 2.84. The summed E-state index contributed by atoms with van der Waals surface area (Å²) in [4.78, 5) is 25.6. The van der Waals surface area contributed by atoms with E-state index in [2.05, 4.69) is 0 Å². The Labute approximate surface area is 130 Å². The molecule has 1 heterocycles. The number of Topliss-reactive ketones (excluding diaryl/α,β-unsaturated/α-hetero) is 1. The number of amides is 1. The van der Waals surface area contributed by atoms with Crippen molar-refractivity contribution in [3.05, 3.63) is 41.2 Å². The molecule has 0 fully saturated rings. The standard InChI is InChI=1S/C17H21NO4/c1-4-10-18-15(14(11(3)19)16(20)17(18)21)12-6-8-13(9-7-12)22-5-2/h6-9,15,20H,4-5,10H2,1-3H3.